The summed E-state index contributed by atoms with van der Waals surface area (Å²) >= 11 is 19.7. The standard InChI is InChI=1S/C12H8Cl3NS/c13-9-4-5-10(14)12(15)8(9)7-17-11-3-1-2-6-16-11/h1-6H,7H2. The van der Waals surface area contributed by atoms with E-state index in [0.29, 0.717) is 20.8 Å². The van der Waals surface area contributed by atoms with Gasteiger partial charge in [-0.1, -0.05) is 40.9 Å². The maximum absolute atomic E-state index is 6.11. The Balaban J connectivity index is 2.17. The van der Waals surface area contributed by atoms with Gasteiger partial charge in [-0.25, -0.2) is 4.98 Å². The first kappa shape index (κ1) is 13.0. The van der Waals surface area contributed by atoms with E-state index >= 15 is 0 Å². The number of halogens is 3. The summed E-state index contributed by atoms with van der Waals surface area (Å²) in [5, 5.41) is 2.60. The minimum absolute atomic E-state index is 0.516. The number of pyridine rings is 1. The molecule has 0 saturated heterocycles. The van der Waals surface area contributed by atoms with E-state index in [1.54, 1.807) is 30.1 Å². The molecule has 0 fully saturated rings. The van der Waals surface area contributed by atoms with Crippen molar-refractivity contribution < 1.29 is 0 Å². The van der Waals surface area contributed by atoms with Crippen LogP contribution in [0.5, 0.6) is 0 Å². The van der Waals surface area contributed by atoms with E-state index in [9.17, 15) is 0 Å². The van der Waals surface area contributed by atoms with Crippen molar-refractivity contribution >= 4 is 46.6 Å². The SMILES string of the molecule is Clc1ccc(Cl)c(CSc2ccccn2)c1Cl. The number of aromatic nitrogens is 1. The number of hydrogen-bond donors (Lipinski definition) is 0. The number of hydrogen-bond acceptors (Lipinski definition) is 2. The highest BCUT2D eigenvalue weighted by Gasteiger charge is 2.10. The zero-order valence-electron chi connectivity index (χ0n) is 8.66. The van der Waals surface area contributed by atoms with Crippen molar-refractivity contribution in [3.63, 3.8) is 0 Å². The Hall–Kier alpha value is -0.410. The van der Waals surface area contributed by atoms with Gasteiger partial charge in [-0.05, 0) is 24.3 Å². The molecule has 2 aromatic rings. The number of thioether (sulfide) groups is 1. The fourth-order valence-electron chi connectivity index (χ4n) is 1.28. The Kier molecular flexibility index (Phi) is 4.57. The highest BCUT2D eigenvalue weighted by Crippen LogP contribution is 2.35. The second-order valence-electron chi connectivity index (χ2n) is 3.28. The Morgan fingerprint density at radius 3 is 2.47 bits per heavy atom. The van der Waals surface area contributed by atoms with Crippen molar-refractivity contribution in [2.45, 2.75) is 10.8 Å². The van der Waals surface area contributed by atoms with Crippen molar-refractivity contribution in [3.05, 3.63) is 57.2 Å². The summed E-state index contributed by atoms with van der Waals surface area (Å²) in [5.74, 6) is 0.648. The van der Waals surface area contributed by atoms with E-state index in [2.05, 4.69) is 4.98 Å². The van der Waals surface area contributed by atoms with Crippen LogP contribution in [-0.2, 0) is 5.75 Å². The Morgan fingerprint density at radius 1 is 1.00 bits per heavy atom. The summed E-state index contributed by atoms with van der Waals surface area (Å²) < 4.78 is 0. The summed E-state index contributed by atoms with van der Waals surface area (Å²) in [6.07, 6.45) is 1.75. The van der Waals surface area contributed by atoms with E-state index in [1.165, 1.54) is 0 Å². The van der Waals surface area contributed by atoms with E-state index in [1.807, 2.05) is 18.2 Å². The minimum Gasteiger partial charge on any atom is -0.250 e. The Morgan fingerprint density at radius 2 is 1.76 bits per heavy atom. The van der Waals surface area contributed by atoms with Crippen LogP contribution in [0, 0.1) is 0 Å². The summed E-state index contributed by atoms with van der Waals surface area (Å²) in [6, 6.07) is 9.21. The molecule has 5 heteroatoms. The smallest absolute Gasteiger partial charge is 0.0963 e. The van der Waals surface area contributed by atoms with Gasteiger partial charge in [0.2, 0.25) is 0 Å². The molecule has 0 atom stereocenters. The van der Waals surface area contributed by atoms with Crippen LogP contribution in [0.1, 0.15) is 5.56 Å². The van der Waals surface area contributed by atoms with Gasteiger partial charge in [0.05, 0.1) is 15.1 Å². The molecule has 17 heavy (non-hydrogen) atoms. The third kappa shape index (κ3) is 3.29. The molecule has 0 aliphatic rings. The first-order valence-electron chi connectivity index (χ1n) is 4.84. The quantitative estimate of drug-likeness (QED) is 0.561. The van der Waals surface area contributed by atoms with Crippen molar-refractivity contribution in [2.75, 3.05) is 0 Å². The van der Waals surface area contributed by atoms with Gasteiger partial charge in [-0.2, -0.15) is 0 Å². The van der Waals surface area contributed by atoms with Gasteiger partial charge in [0.1, 0.15) is 0 Å². The van der Waals surface area contributed by atoms with Gasteiger partial charge < -0.3 is 0 Å². The average molecular weight is 305 g/mol. The maximum Gasteiger partial charge on any atom is 0.0963 e. The highest BCUT2D eigenvalue weighted by atomic mass is 35.5. The lowest BCUT2D eigenvalue weighted by Gasteiger charge is -2.07. The molecule has 0 amide bonds. The summed E-state index contributed by atoms with van der Waals surface area (Å²) in [5.41, 5.74) is 0.844. The zero-order valence-corrected chi connectivity index (χ0v) is 11.7. The molecule has 0 N–H and O–H groups in total. The molecule has 1 aromatic carbocycles. The molecule has 0 radical (unpaired) electrons. The lowest BCUT2D eigenvalue weighted by atomic mass is 10.2. The van der Waals surface area contributed by atoms with Crippen molar-refractivity contribution in [2.24, 2.45) is 0 Å². The summed E-state index contributed by atoms with van der Waals surface area (Å²) in [4.78, 5) is 4.22. The molecular formula is C12H8Cl3NS. The predicted molar refractivity (Wildman–Crippen MR) is 75.3 cm³/mol. The maximum atomic E-state index is 6.11. The van der Waals surface area contributed by atoms with Crippen LogP contribution in [0.4, 0.5) is 0 Å². The molecule has 1 aromatic heterocycles. The van der Waals surface area contributed by atoms with Crippen molar-refractivity contribution in [1.82, 2.24) is 4.98 Å². The summed E-state index contributed by atoms with van der Waals surface area (Å²) in [7, 11) is 0. The normalized spacial score (nSPS) is 10.5. The molecule has 0 saturated carbocycles. The van der Waals surface area contributed by atoms with Crippen LogP contribution in [0.25, 0.3) is 0 Å². The molecule has 0 bridgehead atoms. The lowest BCUT2D eigenvalue weighted by Crippen LogP contribution is -1.87. The van der Waals surface area contributed by atoms with Crippen molar-refractivity contribution in [3.8, 4) is 0 Å². The third-order valence-corrected chi connectivity index (χ3v) is 4.31. The van der Waals surface area contributed by atoms with Crippen LogP contribution < -0.4 is 0 Å². The van der Waals surface area contributed by atoms with Gasteiger partial charge in [0.25, 0.3) is 0 Å². The fraction of sp³-hybridized carbons (Fsp3) is 0.0833. The van der Waals surface area contributed by atoms with E-state index < -0.39 is 0 Å². The molecular weight excluding hydrogens is 297 g/mol. The average Bonchev–Trinajstić information content (AvgIpc) is 2.35. The first-order chi connectivity index (χ1) is 8.18. The fourth-order valence-corrected chi connectivity index (χ4v) is 3.02. The molecule has 1 nitrogen and oxygen atoms in total. The Labute approximate surface area is 119 Å². The molecule has 88 valence electrons. The number of benzene rings is 1. The van der Waals surface area contributed by atoms with Gasteiger partial charge >= 0.3 is 0 Å². The largest absolute Gasteiger partial charge is 0.250 e. The molecule has 0 aliphatic carbocycles. The van der Waals surface area contributed by atoms with E-state index in [0.717, 1.165) is 10.6 Å². The molecule has 2 rings (SSSR count). The van der Waals surface area contributed by atoms with Crippen molar-refractivity contribution in [1.29, 1.82) is 0 Å². The molecule has 0 aliphatic heterocycles. The molecule has 0 unspecified atom stereocenters. The van der Waals surface area contributed by atoms with Gasteiger partial charge in [-0.15, -0.1) is 11.8 Å². The number of rotatable bonds is 3. The van der Waals surface area contributed by atoms with Gasteiger partial charge in [-0.3, -0.25) is 0 Å². The monoisotopic (exact) mass is 303 g/mol. The van der Waals surface area contributed by atoms with E-state index in [4.69, 9.17) is 34.8 Å². The van der Waals surface area contributed by atoms with Crippen LogP contribution in [0.3, 0.4) is 0 Å². The van der Waals surface area contributed by atoms with Gasteiger partial charge in [0, 0.05) is 22.5 Å². The highest BCUT2D eigenvalue weighted by molar-refractivity contribution is 7.98. The minimum atomic E-state index is 0.516. The Bertz CT molecular complexity index is 517. The second-order valence-corrected chi connectivity index (χ2v) is 5.47. The van der Waals surface area contributed by atoms with E-state index in [-0.39, 0.29) is 0 Å². The lowest BCUT2D eigenvalue weighted by molar-refractivity contribution is 1.13. The second kappa shape index (κ2) is 5.96. The van der Waals surface area contributed by atoms with Gasteiger partial charge in [0.15, 0.2) is 0 Å². The topological polar surface area (TPSA) is 12.9 Å². The zero-order chi connectivity index (χ0) is 12.3. The molecule has 1 heterocycles. The molecule has 0 spiro atoms. The number of nitrogens with zero attached hydrogens (tertiary/aromatic N) is 1. The third-order valence-electron chi connectivity index (χ3n) is 2.14. The predicted octanol–water partition coefficient (Wildman–Crippen LogP) is 5.33. The first-order valence-corrected chi connectivity index (χ1v) is 6.96. The summed E-state index contributed by atoms with van der Waals surface area (Å²) in [6.45, 7) is 0. The van der Waals surface area contributed by atoms with Crippen LogP contribution >= 0.6 is 46.6 Å². The van der Waals surface area contributed by atoms with Crippen LogP contribution in [0.15, 0.2) is 41.6 Å². The van der Waals surface area contributed by atoms with Crippen LogP contribution in [-0.4, -0.2) is 4.98 Å². The van der Waals surface area contributed by atoms with Crippen LogP contribution in [0.2, 0.25) is 15.1 Å².